The quantitative estimate of drug-likeness (QED) is 0.523. The first-order valence-corrected chi connectivity index (χ1v) is 9.39. The summed E-state index contributed by atoms with van der Waals surface area (Å²) in [7, 11) is 0. The number of imidazole rings is 1. The topological polar surface area (TPSA) is 79.5 Å². The summed E-state index contributed by atoms with van der Waals surface area (Å²) < 4.78 is 1.90. The number of aromatic nitrogens is 2. The smallest absolute Gasteiger partial charge is 0.271 e. The minimum Gasteiger partial charge on any atom is -0.396 e. The molecule has 144 valence electrons. The van der Waals surface area contributed by atoms with Gasteiger partial charge in [0.25, 0.3) is 5.91 Å². The SMILES string of the molecule is C#Cc1ccc2c(c1)C(c1ccccc1)=NCc1c(C(=O)NCCCO)ncn1-2. The van der Waals surface area contributed by atoms with Gasteiger partial charge < -0.3 is 10.4 Å². The minimum atomic E-state index is -0.271. The molecule has 0 spiro atoms. The molecule has 0 saturated carbocycles. The summed E-state index contributed by atoms with van der Waals surface area (Å²) in [5, 5.41) is 11.7. The molecule has 6 heteroatoms. The van der Waals surface area contributed by atoms with Crippen LogP contribution in [0.2, 0.25) is 0 Å². The molecule has 0 radical (unpaired) electrons. The Morgan fingerprint density at radius 2 is 2.07 bits per heavy atom. The van der Waals surface area contributed by atoms with E-state index in [9.17, 15) is 4.79 Å². The number of nitrogens with one attached hydrogen (secondary N) is 1. The van der Waals surface area contributed by atoms with Crippen LogP contribution in [0, 0.1) is 12.3 Å². The monoisotopic (exact) mass is 384 g/mol. The van der Waals surface area contributed by atoms with E-state index in [1.807, 2.05) is 53.1 Å². The second-order valence-electron chi connectivity index (χ2n) is 6.65. The van der Waals surface area contributed by atoms with Gasteiger partial charge in [-0.25, -0.2) is 4.98 Å². The van der Waals surface area contributed by atoms with E-state index in [4.69, 9.17) is 16.5 Å². The van der Waals surface area contributed by atoms with Crippen LogP contribution < -0.4 is 5.32 Å². The summed E-state index contributed by atoms with van der Waals surface area (Å²) >= 11 is 0. The summed E-state index contributed by atoms with van der Waals surface area (Å²) in [5.74, 6) is 2.41. The fraction of sp³-hybridized carbons (Fsp3) is 0.174. The number of carbonyl (C=O) groups is 1. The van der Waals surface area contributed by atoms with Crippen LogP contribution in [0.1, 0.15) is 39.3 Å². The summed E-state index contributed by atoms with van der Waals surface area (Å²) in [5.41, 5.74) is 5.40. The molecule has 0 bridgehead atoms. The second kappa shape index (κ2) is 8.13. The molecule has 6 nitrogen and oxygen atoms in total. The first-order chi connectivity index (χ1) is 14.2. The zero-order chi connectivity index (χ0) is 20.2. The highest BCUT2D eigenvalue weighted by Crippen LogP contribution is 2.27. The van der Waals surface area contributed by atoms with Crippen LogP contribution in [-0.4, -0.2) is 39.4 Å². The van der Waals surface area contributed by atoms with Crippen molar-refractivity contribution < 1.29 is 9.90 Å². The normalized spacial score (nSPS) is 12.2. The Kier molecular flexibility index (Phi) is 5.23. The van der Waals surface area contributed by atoms with Gasteiger partial charge in [0.15, 0.2) is 5.69 Å². The van der Waals surface area contributed by atoms with E-state index in [1.165, 1.54) is 0 Å². The molecule has 0 saturated heterocycles. The predicted molar refractivity (Wildman–Crippen MR) is 111 cm³/mol. The van der Waals surface area contributed by atoms with E-state index in [-0.39, 0.29) is 12.5 Å². The van der Waals surface area contributed by atoms with Crippen molar-refractivity contribution in [2.75, 3.05) is 13.2 Å². The Morgan fingerprint density at radius 1 is 1.24 bits per heavy atom. The summed E-state index contributed by atoms with van der Waals surface area (Å²) in [4.78, 5) is 21.8. The van der Waals surface area contributed by atoms with Gasteiger partial charge in [-0.2, -0.15) is 0 Å². The molecular formula is C23H20N4O2. The van der Waals surface area contributed by atoms with Gasteiger partial charge in [-0.15, -0.1) is 6.42 Å². The maximum atomic E-state index is 12.6. The lowest BCUT2D eigenvalue weighted by atomic mass is 9.98. The fourth-order valence-corrected chi connectivity index (χ4v) is 3.39. The van der Waals surface area contributed by atoms with Crippen LogP contribution >= 0.6 is 0 Å². The number of aliphatic hydroxyl groups excluding tert-OH is 1. The molecular weight excluding hydrogens is 364 g/mol. The molecule has 2 N–H and O–H groups in total. The van der Waals surface area contributed by atoms with Gasteiger partial charge in [0.1, 0.15) is 6.33 Å². The zero-order valence-corrected chi connectivity index (χ0v) is 15.8. The molecule has 1 aliphatic rings. The van der Waals surface area contributed by atoms with E-state index >= 15 is 0 Å². The highest BCUT2D eigenvalue weighted by atomic mass is 16.3. The number of hydrogen-bond acceptors (Lipinski definition) is 4. The molecule has 1 aromatic heterocycles. The van der Waals surface area contributed by atoms with Crippen molar-refractivity contribution in [3.8, 4) is 18.0 Å². The number of fused-ring (bicyclic) bond motifs is 3. The van der Waals surface area contributed by atoms with Crippen molar-refractivity contribution in [1.29, 1.82) is 0 Å². The van der Waals surface area contributed by atoms with Crippen LogP contribution in [-0.2, 0) is 6.54 Å². The number of terminal acetylenes is 1. The van der Waals surface area contributed by atoms with Crippen LogP contribution in [0.5, 0.6) is 0 Å². The van der Waals surface area contributed by atoms with Crippen LogP contribution in [0.25, 0.3) is 5.69 Å². The van der Waals surface area contributed by atoms with Gasteiger partial charge in [0, 0.05) is 29.8 Å². The van der Waals surface area contributed by atoms with Crippen LogP contribution in [0.15, 0.2) is 59.9 Å². The molecule has 0 fully saturated rings. The Morgan fingerprint density at radius 3 is 2.83 bits per heavy atom. The maximum Gasteiger partial charge on any atom is 0.271 e. The number of carbonyl (C=O) groups excluding carboxylic acids is 1. The number of aliphatic hydroxyl groups is 1. The highest BCUT2D eigenvalue weighted by Gasteiger charge is 2.24. The lowest BCUT2D eigenvalue weighted by Gasteiger charge is -2.12. The van der Waals surface area contributed by atoms with Crippen molar-refractivity contribution in [3.63, 3.8) is 0 Å². The fourth-order valence-electron chi connectivity index (χ4n) is 3.39. The first-order valence-electron chi connectivity index (χ1n) is 9.39. The molecule has 29 heavy (non-hydrogen) atoms. The molecule has 3 aromatic rings. The third-order valence-corrected chi connectivity index (χ3v) is 4.81. The second-order valence-corrected chi connectivity index (χ2v) is 6.65. The molecule has 4 rings (SSSR count). The number of rotatable bonds is 5. The average Bonchev–Trinajstić information content (AvgIpc) is 3.11. The van der Waals surface area contributed by atoms with Crippen molar-refractivity contribution >= 4 is 11.6 Å². The Hall–Kier alpha value is -3.69. The molecule has 2 aromatic carbocycles. The highest BCUT2D eigenvalue weighted by molar-refractivity contribution is 6.15. The largest absolute Gasteiger partial charge is 0.396 e. The maximum absolute atomic E-state index is 12.6. The summed E-state index contributed by atoms with van der Waals surface area (Å²) in [6.45, 7) is 0.729. The van der Waals surface area contributed by atoms with Gasteiger partial charge in [0.2, 0.25) is 0 Å². The van der Waals surface area contributed by atoms with Gasteiger partial charge in [0.05, 0.1) is 23.6 Å². The molecule has 0 aliphatic carbocycles. The predicted octanol–water partition coefficient (Wildman–Crippen LogP) is 2.32. The van der Waals surface area contributed by atoms with Crippen LogP contribution in [0.4, 0.5) is 0 Å². The van der Waals surface area contributed by atoms with Crippen LogP contribution in [0.3, 0.4) is 0 Å². The van der Waals surface area contributed by atoms with Gasteiger partial charge in [-0.3, -0.25) is 14.4 Å². The van der Waals surface area contributed by atoms with Crippen molar-refractivity contribution in [2.24, 2.45) is 4.99 Å². The third-order valence-electron chi connectivity index (χ3n) is 4.81. The standard InChI is InChI=1S/C23H20N4O2/c1-2-16-9-10-19-18(13-16)21(17-7-4-3-5-8-17)25-14-20-22(26-15-27(19)20)23(29)24-11-6-12-28/h1,3-5,7-10,13,15,28H,6,11-12,14H2,(H,24,29). The van der Waals surface area contributed by atoms with Crippen molar-refractivity contribution in [1.82, 2.24) is 14.9 Å². The van der Waals surface area contributed by atoms with E-state index in [2.05, 4.69) is 16.2 Å². The lowest BCUT2D eigenvalue weighted by Crippen LogP contribution is -2.26. The minimum absolute atomic E-state index is 0.0250. The van der Waals surface area contributed by atoms with Gasteiger partial charge >= 0.3 is 0 Å². The van der Waals surface area contributed by atoms with Gasteiger partial charge in [-0.05, 0) is 24.6 Å². The molecule has 1 aliphatic heterocycles. The Labute approximate surface area is 168 Å². The Bertz CT molecular complexity index is 1120. The zero-order valence-electron chi connectivity index (χ0n) is 15.8. The van der Waals surface area contributed by atoms with E-state index in [1.54, 1.807) is 6.33 Å². The van der Waals surface area contributed by atoms with E-state index in [0.717, 1.165) is 28.1 Å². The molecule has 2 heterocycles. The van der Waals surface area contributed by atoms with E-state index < -0.39 is 0 Å². The molecule has 0 unspecified atom stereocenters. The van der Waals surface area contributed by atoms with Gasteiger partial charge in [-0.1, -0.05) is 36.3 Å². The number of benzene rings is 2. The third kappa shape index (κ3) is 3.56. The number of hydrogen-bond donors (Lipinski definition) is 2. The first kappa shape index (κ1) is 18.7. The molecule has 0 atom stereocenters. The van der Waals surface area contributed by atoms with Crippen molar-refractivity contribution in [2.45, 2.75) is 13.0 Å². The summed E-state index contributed by atoms with van der Waals surface area (Å²) in [6.07, 6.45) is 7.77. The van der Waals surface area contributed by atoms with E-state index in [0.29, 0.717) is 30.9 Å². The number of nitrogens with zero attached hydrogens (tertiary/aromatic N) is 3. The number of amides is 1. The summed E-state index contributed by atoms with van der Waals surface area (Å²) in [6, 6.07) is 15.7. The lowest BCUT2D eigenvalue weighted by molar-refractivity contribution is 0.0945. The number of aliphatic imine (C=N–C) groups is 1. The molecule has 1 amide bonds. The van der Waals surface area contributed by atoms with Crippen molar-refractivity contribution in [3.05, 3.63) is 82.9 Å². The Balaban J connectivity index is 1.83. The average molecular weight is 384 g/mol.